The molecule has 2 fully saturated rings. The third kappa shape index (κ3) is 3.24. The van der Waals surface area contributed by atoms with Crippen LogP contribution in [-0.2, 0) is 4.74 Å². The summed E-state index contributed by atoms with van der Waals surface area (Å²) in [6, 6.07) is 11.1. The number of methoxy groups -OCH3 is 1. The van der Waals surface area contributed by atoms with E-state index in [2.05, 4.69) is 40.4 Å². The van der Waals surface area contributed by atoms with Gasteiger partial charge in [-0.25, -0.2) is 10.2 Å². The summed E-state index contributed by atoms with van der Waals surface area (Å²) in [6.45, 7) is 2.65. The fourth-order valence-corrected chi connectivity index (χ4v) is 3.35. The van der Waals surface area contributed by atoms with Crippen molar-refractivity contribution in [3.63, 3.8) is 0 Å². The molecule has 3 N–H and O–H groups in total. The number of hydrogen-bond donors (Lipinski definition) is 3. The van der Waals surface area contributed by atoms with E-state index in [0.717, 1.165) is 19.5 Å². The Kier molecular flexibility index (Phi) is 4.92. The Hall–Kier alpha value is -1.63. The van der Waals surface area contributed by atoms with Crippen LogP contribution < -0.4 is 16.2 Å². The average molecular weight is 304 g/mol. The van der Waals surface area contributed by atoms with E-state index in [1.54, 1.807) is 7.11 Å². The summed E-state index contributed by atoms with van der Waals surface area (Å²) < 4.78 is 4.97. The zero-order chi connectivity index (χ0) is 15.4. The molecule has 3 unspecified atom stereocenters. The van der Waals surface area contributed by atoms with Gasteiger partial charge in [0, 0.05) is 38.7 Å². The van der Waals surface area contributed by atoms with Crippen molar-refractivity contribution in [1.29, 1.82) is 0 Å². The number of nitrogens with zero attached hydrogens (tertiary/aromatic N) is 1. The first-order valence-corrected chi connectivity index (χ1v) is 7.87. The van der Waals surface area contributed by atoms with E-state index < -0.39 is 0 Å². The van der Waals surface area contributed by atoms with Crippen LogP contribution in [0.25, 0.3) is 0 Å². The highest BCUT2D eigenvalue weighted by atomic mass is 16.5. The van der Waals surface area contributed by atoms with Crippen LogP contribution in [0.4, 0.5) is 4.79 Å². The van der Waals surface area contributed by atoms with Gasteiger partial charge in [0.05, 0.1) is 12.6 Å². The lowest BCUT2D eigenvalue weighted by Crippen LogP contribution is -2.51. The molecule has 6 nitrogen and oxygen atoms in total. The predicted octanol–water partition coefficient (Wildman–Crippen LogP) is 0.882. The number of carbonyl (C=O) groups is 1. The second kappa shape index (κ2) is 7.09. The molecule has 0 radical (unpaired) electrons. The van der Waals surface area contributed by atoms with Crippen LogP contribution in [0.2, 0.25) is 0 Å². The summed E-state index contributed by atoms with van der Waals surface area (Å²) in [4.78, 5) is 14.1. The smallest absolute Gasteiger partial charge is 0.317 e. The Morgan fingerprint density at radius 2 is 2.18 bits per heavy atom. The van der Waals surface area contributed by atoms with E-state index in [9.17, 15) is 4.79 Å². The number of urea groups is 1. The molecule has 22 heavy (non-hydrogen) atoms. The van der Waals surface area contributed by atoms with Crippen molar-refractivity contribution in [3.05, 3.63) is 35.9 Å². The van der Waals surface area contributed by atoms with Gasteiger partial charge in [-0.05, 0) is 12.0 Å². The number of fused-ring (bicyclic) bond motifs is 1. The predicted molar refractivity (Wildman–Crippen MR) is 84.2 cm³/mol. The molecule has 0 aliphatic carbocycles. The molecule has 2 aliphatic heterocycles. The van der Waals surface area contributed by atoms with Crippen molar-refractivity contribution in [2.45, 2.75) is 18.5 Å². The molecule has 2 amide bonds. The van der Waals surface area contributed by atoms with Gasteiger partial charge in [-0.3, -0.25) is 5.43 Å². The summed E-state index contributed by atoms with van der Waals surface area (Å²) in [7, 11) is 1.64. The summed E-state index contributed by atoms with van der Waals surface area (Å²) in [5.74, 6) is 0.393. The Bertz CT molecular complexity index is 496. The molecule has 0 saturated carbocycles. The minimum atomic E-state index is 0.00853. The summed E-state index contributed by atoms with van der Waals surface area (Å²) in [5, 5.41) is 2.91. The van der Waals surface area contributed by atoms with Crippen LogP contribution in [-0.4, -0.2) is 50.3 Å². The molecule has 2 aliphatic rings. The van der Waals surface area contributed by atoms with Crippen molar-refractivity contribution in [2.75, 3.05) is 33.4 Å². The number of nitrogens with one attached hydrogen (secondary N) is 3. The van der Waals surface area contributed by atoms with Crippen molar-refractivity contribution in [3.8, 4) is 0 Å². The maximum atomic E-state index is 12.2. The first-order valence-electron chi connectivity index (χ1n) is 7.87. The van der Waals surface area contributed by atoms with Gasteiger partial charge in [-0.1, -0.05) is 30.3 Å². The lowest BCUT2D eigenvalue weighted by molar-refractivity contribution is 0.149. The lowest BCUT2D eigenvalue weighted by Gasteiger charge is -2.36. The van der Waals surface area contributed by atoms with Crippen LogP contribution >= 0.6 is 0 Å². The van der Waals surface area contributed by atoms with Crippen LogP contribution in [0.5, 0.6) is 0 Å². The van der Waals surface area contributed by atoms with Gasteiger partial charge in [0.1, 0.15) is 0 Å². The average Bonchev–Trinajstić information content (AvgIpc) is 2.99. The number of benzene rings is 1. The largest absolute Gasteiger partial charge is 0.383 e. The summed E-state index contributed by atoms with van der Waals surface area (Å²) in [6.07, 6.45) is 0.971. The van der Waals surface area contributed by atoms with E-state index in [1.807, 2.05) is 11.0 Å². The third-order valence-electron chi connectivity index (χ3n) is 4.54. The lowest BCUT2D eigenvalue weighted by atomic mass is 9.85. The molecule has 0 spiro atoms. The van der Waals surface area contributed by atoms with Crippen LogP contribution in [0, 0.1) is 5.92 Å². The van der Waals surface area contributed by atoms with Crippen LogP contribution in [0.3, 0.4) is 0 Å². The van der Waals surface area contributed by atoms with Gasteiger partial charge < -0.3 is 15.0 Å². The highest BCUT2D eigenvalue weighted by Crippen LogP contribution is 2.33. The number of hydrogen-bond acceptors (Lipinski definition) is 4. The molecular weight excluding hydrogens is 280 g/mol. The fourth-order valence-electron chi connectivity index (χ4n) is 3.35. The monoisotopic (exact) mass is 304 g/mol. The van der Waals surface area contributed by atoms with Crippen LogP contribution in [0.1, 0.15) is 18.0 Å². The molecule has 2 saturated heterocycles. The number of amides is 2. The number of rotatable bonds is 4. The number of hydrazine groups is 1. The summed E-state index contributed by atoms with van der Waals surface area (Å²) >= 11 is 0. The maximum absolute atomic E-state index is 12.2. The molecule has 1 aromatic rings. The number of likely N-dealkylation sites (tertiary alicyclic amines) is 1. The standard InChI is InChI=1S/C16H24N4O2/c1-22-10-8-17-16(21)20-9-7-14-13(11-20)15(19-18-14)12-5-3-2-4-6-12/h2-6,13-15,18-19H,7-11H2,1H3,(H,17,21). The highest BCUT2D eigenvalue weighted by Gasteiger charge is 2.41. The van der Waals surface area contributed by atoms with Crippen molar-refractivity contribution >= 4 is 6.03 Å². The zero-order valence-electron chi connectivity index (χ0n) is 12.9. The van der Waals surface area contributed by atoms with Gasteiger partial charge in [-0.15, -0.1) is 0 Å². The first kappa shape index (κ1) is 15.3. The van der Waals surface area contributed by atoms with Crippen molar-refractivity contribution in [1.82, 2.24) is 21.1 Å². The number of carbonyl (C=O) groups excluding carboxylic acids is 1. The van der Waals surface area contributed by atoms with Gasteiger partial charge in [-0.2, -0.15) is 0 Å². The third-order valence-corrected chi connectivity index (χ3v) is 4.54. The van der Waals surface area contributed by atoms with Crippen molar-refractivity contribution in [2.24, 2.45) is 5.92 Å². The fraction of sp³-hybridized carbons (Fsp3) is 0.562. The molecule has 1 aromatic carbocycles. The van der Waals surface area contributed by atoms with E-state index in [0.29, 0.717) is 25.1 Å². The molecule has 3 rings (SSSR count). The number of ether oxygens (including phenoxy) is 1. The SMILES string of the molecule is COCCNC(=O)N1CCC2NNC(c3ccccc3)C2C1. The second-order valence-corrected chi connectivity index (χ2v) is 5.91. The van der Waals surface area contributed by atoms with E-state index in [-0.39, 0.29) is 12.1 Å². The Morgan fingerprint density at radius 3 is 2.95 bits per heavy atom. The van der Waals surface area contributed by atoms with Crippen LogP contribution in [0.15, 0.2) is 30.3 Å². The Balaban J connectivity index is 1.62. The molecule has 0 bridgehead atoms. The molecule has 6 heteroatoms. The molecule has 2 heterocycles. The maximum Gasteiger partial charge on any atom is 0.317 e. The molecule has 120 valence electrons. The van der Waals surface area contributed by atoms with Crippen molar-refractivity contribution < 1.29 is 9.53 Å². The van der Waals surface area contributed by atoms with E-state index >= 15 is 0 Å². The van der Waals surface area contributed by atoms with Gasteiger partial charge in [0.15, 0.2) is 0 Å². The molecule has 0 aromatic heterocycles. The van der Waals surface area contributed by atoms with E-state index in [4.69, 9.17) is 4.74 Å². The Morgan fingerprint density at radius 1 is 1.36 bits per heavy atom. The van der Waals surface area contributed by atoms with Gasteiger partial charge in [0.25, 0.3) is 0 Å². The van der Waals surface area contributed by atoms with E-state index in [1.165, 1.54) is 5.56 Å². The minimum Gasteiger partial charge on any atom is -0.383 e. The first-order chi connectivity index (χ1) is 10.8. The number of piperidine rings is 1. The second-order valence-electron chi connectivity index (χ2n) is 5.91. The minimum absolute atomic E-state index is 0.00853. The quantitative estimate of drug-likeness (QED) is 0.723. The Labute approximate surface area is 131 Å². The normalized spacial score (nSPS) is 27.5. The van der Waals surface area contributed by atoms with Gasteiger partial charge >= 0.3 is 6.03 Å². The molecule has 3 atom stereocenters. The molecular formula is C16H24N4O2. The topological polar surface area (TPSA) is 65.6 Å². The summed E-state index contributed by atoms with van der Waals surface area (Å²) in [5.41, 5.74) is 8.06. The zero-order valence-corrected chi connectivity index (χ0v) is 12.9. The highest BCUT2D eigenvalue weighted by molar-refractivity contribution is 5.74. The van der Waals surface area contributed by atoms with Gasteiger partial charge in [0.2, 0.25) is 0 Å².